The van der Waals surface area contributed by atoms with E-state index in [4.69, 9.17) is 5.11 Å². The van der Waals surface area contributed by atoms with Crippen LogP contribution in [0.1, 0.15) is 11.3 Å². The molecule has 0 fully saturated rings. The van der Waals surface area contributed by atoms with E-state index < -0.39 is 5.97 Å². The first-order valence-corrected chi connectivity index (χ1v) is 5.47. The highest BCUT2D eigenvalue weighted by atomic mass is 16.4. The number of aryl methyl sites for hydroxylation is 1. The Morgan fingerprint density at radius 3 is 3.06 bits per heavy atom. The van der Waals surface area contributed by atoms with Crippen LogP contribution >= 0.6 is 0 Å². The Hall–Kier alpha value is -1.77. The molecule has 0 aliphatic carbocycles. The number of benzene rings is 1. The number of fused-ring (bicyclic) bond motifs is 3. The third-order valence-electron chi connectivity index (χ3n) is 3.42. The number of carboxylic acids is 1. The average Bonchev–Trinajstić information content (AvgIpc) is 2.73. The number of aromatic nitrogens is 1. The number of carbonyl (C=O) groups is 1. The number of nitrogens with zero attached hydrogens (tertiary/aromatic N) is 1. The van der Waals surface area contributed by atoms with Gasteiger partial charge in [0.05, 0.1) is 11.4 Å². The lowest BCUT2D eigenvalue weighted by Crippen LogP contribution is -2.14. The summed E-state index contributed by atoms with van der Waals surface area (Å²) in [6.07, 6.45) is 0.656. The van der Waals surface area contributed by atoms with Gasteiger partial charge in [-0.2, -0.15) is 0 Å². The van der Waals surface area contributed by atoms with Crippen molar-refractivity contribution in [2.45, 2.75) is 19.9 Å². The number of rotatable bonds is 1. The first kappa shape index (κ1) is 9.46. The highest BCUT2D eigenvalue weighted by Gasteiger charge is 2.28. The lowest BCUT2D eigenvalue weighted by molar-refractivity contribution is -0.141. The van der Waals surface area contributed by atoms with Gasteiger partial charge >= 0.3 is 5.97 Å². The van der Waals surface area contributed by atoms with Crippen LogP contribution in [0.2, 0.25) is 0 Å². The SMILES string of the molecule is Cc1cccc2cc3n(c12)CC(C(=O)O)C3. The smallest absolute Gasteiger partial charge is 0.308 e. The van der Waals surface area contributed by atoms with Crippen LogP contribution in [0.25, 0.3) is 10.9 Å². The van der Waals surface area contributed by atoms with Gasteiger partial charge in [-0.3, -0.25) is 4.79 Å². The molecule has 0 saturated heterocycles. The summed E-state index contributed by atoms with van der Waals surface area (Å²) in [4.78, 5) is 11.0. The molecule has 2 heterocycles. The van der Waals surface area contributed by atoms with Crippen LogP contribution in [0.5, 0.6) is 0 Å². The maximum absolute atomic E-state index is 11.0. The molecule has 0 saturated carbocycles. The third kappa shape index (κ3) is 1.18. The summed E-state index contributed by atoms with van der Waals surface area (Å²) in [6.45, 7) is 2.68. The molecule has 3 rings (SSSR count). The molecule has 0 spiro atoms. The van der Waals surface area contributed by atoms with Gasteiger partial charge in [0.1, 0.15) is 0 Å². The summed E-state index contributed by atoms with van der Waals surface area (Å²) in [6, 6.07) is 8.32. The van der Waals surface area contributed by atoms with Crippen molar-refractivity contribution >= 4 is 16.9 Å². The summed E-state index contributed by atoms with van der Waals surface area (Å²) in [5, 5.41) is 10.3. The second kappa shape index (κ2) is 3.11. The van der Waals surface area contributed by atoms with Crippen molar-refractivity contribution in [3.63, 3.8) is 0 Å². The number of hydrogen-bond donors (Lipinski definition) is 1. The van der Waals surface area contributed by atoms with Gasteiger partial charge in [-0.15, -0.1) is 0 Å². The predicted molar refractivity (Wildman–Crippen MR) is 61.5 cm³/mol. The number of para-hydroxylation sites is 1. The van der Waals surface area contributed by atoms with E-state index in [0.717, 1.165) is 5.69 Å². The molecule has 1 aliphatic heterocycles. The molecule has 0 amide bonds. The quantitative estimate of drug-likeness (QED) is 0.792. The summed E-state index contributed by atoms with van der Waals surface area (Å²) in [5.74, 6) is -0.940. The van der Waals surface area contributed by atoms with E-state index in [1.165, 1.54) is 16.5 Å². The van der Waals surface area contributed by atoms with Gasteiger partial charge in [-0.05, 0) is 18.6 Å². The zero-order valence-electron chi connectivity index (χ0n) is 9.10. The van der Waals surface area contributed by atoms with Gasteiger partial charge in [0.2, 0.25) is 0 Å². The van der Waals surface area contributed by atoms with Gasteiger partial charge in [0.15, 0.2) is 0 Å². The molecule has 1 aromatic heterocycles. The topological polar surface area (TPSA) is 42.2 Å². The lowest BCUT2D eigenvalue weighted by Gasteiger charge is -2.05. The van der Waals surface area contributed by atoms with Crippen molar-refractivity contribution in [2.75, 3.05) is 0 Å². The largest absolute Gasteiger partial charge is 0.481 e. The Labute approximate surface area is 93.3 Å². The number of aliphatic carboxylic acids is 1. The van der Waals surface area contributed by atoms with Crippen molar-refractivity contribution in [1.82, 2.24) is 4.57 Å². The second-order valence-electron chi connectivity index (χ2n) is 4.50. The fourth-order valence-corrected chi connectivity index (χ4v) is 2.65. The molecule has 0 radical (unpaired) electrons. The van der Waals surface area contributed by atoms with Crippen LogP contribution in [0.3, 0.4) is 0 Å². The van der Waals surface area contributed by atoms with Gasteiger partial charge in [-0.25, -0.2) is 0 Å². The molecule has 1 aromatic carbocycles. The Morgan fingerprint density at radius 1 is 1.50 bits per heavy atom. The standard InChI is InChI=1S/C13H13NO2/c1-8-3-2-4-9-5-11-6-10(13(15)16)7-14(11)12(8)9/h2-5,10H,6-7H2,1H3,(H,15,16). The molecule has 2 aromatic rings. The van der Waals surface area contributed by atoms with E-state index >= 15 is 0 Å². The van der Waals surface area contributed by atoms with Gasteiger partial charge in [-0.1, -0.05) is 18.2 Å². The molecule has 1 aliphatic rings. The van der Waals surface area contributed by atoms with Crippen LogP contribution in [-0.4, -0.2) is 15.6 Å². The van der Waals surface area contributed by atoms with E-state index in [-0.39, 0.29) is 5.92 Å². The van der Waals surface area contributed by atoms with Crippen molar-refractivity contribution in [1.29, 1.82) is 0 Å². The third-order valence-corrected chi connectivity index (χ3v) is 3.42. The first-order valence-electron chi connectivity index (χ1n) is 5.47. The first-order chi connectivity index (χ1) is 7.66. The molecule has 3 heteroatoms. The summed E-state index contributed by atoms with van der Waals surface area (Å²) in [7, 11) is 0. The number of carboxylic acid groups (broad SMARTS) is 1. The molecular formula is C13H13NO2. The molecule has 3 nitrogen and oxygen atoms in total. The van der Waals surface area contributed by atoms with Crippen molar-refractivity contribution in [2.24, 2.45) is 5.92 Å². The molecule has 16 heavy (non-hydrogen) atoms. The minimum absolute atomic E-state index is 0.251. The van der Waals surface area contributed by atoms with Gasteiger partial charge in [0, 0.05) is 24.0 Å². The van der Waals surface area contributed by atoms with Crippen molar-refractivity contribution in [3.8, 4) is 0 Å². The number of hydrogen-bond acceptors (Lipinski definition) is 1. The molecule has 1 unspecified atom stereocenters. The fourth-order valence-electron chi connectivity index (χ4n) is 2.65. The van der Waals surface area contributed by atoms with E-state index in [1.54, 1.807) is 0 Å². The summed E-state index contributed by atoms with van der Waals surface area (Å²) >= 11 is 0. The van der Waals surface area contributed by atoms with E-state index in [9.17, 15) is 4.79 Å². The van der Waals surface area contributed by atoms with E-state index in [0.29, 0.717) is 13.0 Å². The van der Waals surface area contributed by atoms with Crippen LogP contribution in [0.4, 0.5) is 0 Å². The van der Waals surface area contributed by atoms with Crippen molar-refractivity contribution in [3.05, 3.63) is 35.5 Å². The molecule has 0 bridgehead atoms. The Kier molecular flexibility index (Phi) is 1.84. The molecule has 1 atom stereocenters. The van der Waals surface area contributed by atoms with Crippen LogP contribution in [-0.2, 0) is 17.8 Å². The summed E-state index contributed by atoms with van der Waals surface area (Å²) < 4.78 is 2.16. The fraction of sp³-hybridized carbons (Fsp3) is 0.308. The van der Waals surface area contributed by atoms with E-state index in [2.05, 4.69) is 29.7 Å². The monoisotopic (exact) mass is 215 g/mol. The van der Waals surface area contributed by atoms with Gasteiger partial charge in [0.25, 0.3) is 0 Å². The average molecular weight is 215 g/mol. The lowest BCUT2D eigenvalue weighted by atomic mass is 10.1. The maximum Gasteiger partial charge on any atom is 0.308 e. The zero-order valence-corrected chi connectivity index (χ0v) is 9.10. The van der Waals surface area contributed by atoms with Crippen LogP contribution < -0.4 is 0 Å². The van der Waals surface area contributed by atoms with Gasteiger partial charge < -0.3 is 9.67 Å². The maximum atomic E-state index is 11.0. The van der Waals surface area contributed by atoms with Crippen molar-refractivity contribution < 1.29 is 9.90 Å². The Balaban J connectivity index is 2.17. The van der Waals surface area contributed by atoms with Crippen LogP contribution in [0, 0.1) is 12.8 Å². The Morgan fingerprint density at radius 2 is 2.31 bits per heavy atom. The highest BCUT2D eigenvalue weighted by Crippen LogP contribution is 2.30. The predicted octanol–water partition coefficient (Wildman–Crippen LogP) is 2.21. The molecule has 82 valence electrons. The molecule has 1 N–H and O–H groups in total. The minimum atomic E-state index is -0.689. The zero-order chi connectivity index (χ0) is 11.3. The Bertz CT molecular complexity index is 583. The van der Waals surface area contributed by atoms with E-state index in [1.807, 2.05) is 6.07 Å². The minimum Gasteiger partial charge on any atom is -0.481 e. The normalized spacial score (nSPS) is 18.9. The van der Waals surface area contributed by atoms with Crippen LogP contribution in [0.15, 0.2) is 24.3 Å². The molecular weight excluding hydrogens is 202 g/mol. The summed E-state index contributed by atoms with van der Waals surface area (Å²) in [5.41, 5.74) is 3.56. The second-order valence-corrected chi connectivity index (χ2v) is 4.50. The highest BCUT2D eigenvalue weighted by molar-refractivity contribution is 5.85.